The molecule has 0 saturated heterocycles. The molecule has 0 amide bonds. The molecular formula is C10H15O2PS. The number of hydrogen-bond donors (Lipinski definition) is 0. The highest BCUT2D eigenvalue weighted by molar-refractivity contribution is 8.18. The monoisotopic (exact) mass is 230 g/mol. The summed E-state index contributed by atoms with van der Waals surface area (Å²) in [5.74, 6) is 3.95. The third-order valence-corrected chi connectivity index (χ3v) is 5.55. The highest BCUT2D eigenvalue weighted by atomic mass is 32.4. The van der Waals surface area contributed by atoms with Crippen LogP contribution in [-0.4, -0.2) is 18.7 Å². The van der Waals surface area contributed by atoms with Gasteiger partial charge in [-0.3, -0.25) is 4.79 Å². The van der Waals surface area contributed by atoms with E-state index < -0.39 is 6.04 Å². The van der Waals surface area contributed by atoms with Gasteiger partial charge < -0.3 is 4.74 Å². The summed E-state index contributed by atoms with van der Waals surface area (Å²) in [5.41, 5.74) is 2.41. The second-order valence-corrected chi connectivity index (χ2v) is 8.02. The van der Waals surface area contributed by atoms with Gasteiger partial charge >= 0.3 is 5.97 Å². The molecular weight excluding hydrogens is 215 g/mol. The standard InChI is InChI=1S/C10H15O2PS/c1-4-12-10(11)7-13(14)5-8(2)9(3)6-13/h5-6H,4,7H2,1-3H3. The maximum absolute atomic E-state index is 11.3. The summed E-state index contributed by atoms with van der Waals surface area (Å²) in [6, 6.07) is -1.73. The van der Waals surface area contributed by atoms with Gasteiger partial charge in [0.05, 0.1) is 12.8 Å². The molecule has 0 N–H and O–H groups in total. The van der Waals surface area contributed by atoms with Crippen molar-refractivity contribution < 1.29 is 9.53 Å². The molecule has 0 saturated carbocycles. The number of rotatable bonds is 3. The first-order valence-electron chi connectivity index (χ1n) is 4.60. The van der Waals surface area contributed by atoms with Crippen LogP contribution in [0.25, 0.3) is 0 Å². The SMILES string of the molecule is CCOC(=O)CP1(=S)C=C(C)C(C)=C1. The van der Waals surface area contributed by atoms with Gasteiger partial charge in [0, 0.05) is 6.04 Å². The fraction of sp³-hybridized carbons (Fsp3) is 0.500. The van der Waals surface area contributed by atoms with Crippen molar-refractivity contribution in [2.24, 2.45) is 0 Å². The zero-order chi connectivity index (χ0) is 10.8. The zero-order valence-electron chi connectivity index (χ0n) is 8.74. The topological polar surface area (TPSA) is 26.3 Å². The predicted molar refractivity (Wildman–Crippen MR) is 63.3 cm³/mol. The van der Waals surface area contributed by atoms with Crippen molar-refractivity contribution >= 4 is 23.8 Å². The maximum Gasteiger partial charge on any atom is 0.311 e. The van der Waals surface area contributed by atoms with Gasteiger partial charge in [-0.15, -0.1) is 0 Å². The minimum absolute atomic E-state index is 0.175. The smallest absolute Gasteiger partial charge is 0.311 e. The summed E-state index contributed by atoms with van der Waals surface area (Å²) >= 11 is 5.47. The Morgan fingerprint density at radius 1 is 1.43 bits per heavy atom. The van der Waals surface area contributed by atoms with Gasteiger partial charge in [-0.05, 0) is 43.6 Å². The van der Waals surface area contributed by atoms with E-state index in [2.05, 4.69) is 11.6 Å². The average molecular weight is 230 g/mol. The molecule has 0 aromatic heterocycles. The molecule has 0 unspecified atom stereocenters. The van der Waals surface area contributed by atoms with E-state index in [0.717, 1.165) is 0 Å². The third-order valence-electron chi connectivity index (χ3n) is 2.13. The molecule has 0 spiro atoms. The second-order valence-electron chi connectivity index (χ2n) is 3.44. The van der Waals surface area contributed by atoms with Crippen LogP contribution >= 0.6 is 6.04 Å². The molecule has 2 nitrogen and oxygen atoms in total. The van der Waals surface area contributed by atoms with Gasteiger partial charge in [-0.2, -0.15) is 0 Å². The van der Waals surface area contributed by atoms with Gasteiger partial charge in [0.15, 0.2) is 0 Å². The first kappa shape index (κ1) is 11.7. The highest BCUT2D eigenvalue weighted by Gasteiger charge is 2.22. The van der Waals surface area contributed by atoms with Gasteiger partial charge in [0.25, 0.3) is 0 Å². The van der Waals surface area contributed by atoms with Crippen molar-refractivity contribution in [2.75, 3.05) is 12.8 Å². The van der Waals surface area contributed by atoms with E-state index in [1.165, 1.54) is 11.1 Å². The van der Waals surface area contributed by atoms with Crippen molar-refractivity contribution in [3.8, 4) is 0 Å². The summed E-state index contributed by atoms with van der Waals surface area (Å²) in [4.78, 5) is 11.3. The lowest BCUT2D eigenvalue weighted by Crippen LogP contribution is -2.08. The molecule has 0 radical (unpaired) electrons. The second kappa shape index (κ2) is 4.41. The fourth-order valence-electron chi connectivity index (χ4n) is 1.40. The normalized spacial score (nSPS) is 18.8. The Bertz CT molecular complexity index is 333. The van der Waals surface area contributed by atoms with Gasteiger partial charge in [-0.1, -0.05) is 11.8 Å². The summed E-state index contributed by atoms with van der Waals surface area (Å²) in [6.45, 7) is 6.30. The molecule has 0 fully saturated rings. The quantitative estimate of drug-likeness (QED) is 0.551. The van der Waals surface area contributed by atoms with Crippen molar-refractivity contribution in [3.05, 3.63) is 22.8 Å². The number of esters is 1. The van der Waals surface area contributed by atoms with E-state index in [-0.39, 0.29) is 5.97 Å². The minimum atomic E-state index is -1.73. The lowest BCUT2D eigenvalue weighted by Gasteiger charge is -2.09. The Morgan fingerprint density at radius 2 is 1.93 bits per heavy atom. The molecule has 0 bridgehead atoms. The molecule has 0 aromatic rings. The van der Waals surface area contributed by atoms with E-state index in [0.29, 0.717) is 12.8 Å². The van der Waals surface area contributed by atoms with Crippen LogP contribution in [0.4, 0.5) is 0 Å². The summed E-state index contributed by atoms with van der Waals surface area (Å²) in [5, 5.41) is 0. The average Bonchev–Trinajstić information content (AvgIpc) is 2.25. The first-order valence-corrected chi connectivity index (χ1v) is 7.73. The number of ether oxygens (including phenoxy) is 1. The zero-order valence-corrected chi connectivity index (χ0v) is 10.5. The number of hydrogen-bond acceptors (Lipinski definition) is 3. The number of allylic oxidation sites excluding steroid dienone is 2. The third kappa shape index (κ3) is 2.79. The Hall–Kier alpha value is -0.400. The van der Waals surface area contributed by atoms with Crippen LogP contribution in [-0.2, 0) is 21.3 Å². The molecule has 14 heavy (non-hydrogen) atoms. The summed E-state index contributed by atoms with van der Waals surface area (Å²) in [7, 11) is 0. The Labute approximate surface area is 90.0 Å². The van der Waals surface area contributed by atoms with Crippen molar-refractivity contribution in [2.45, 2.75) is 20.8 Å². The Balaban J connectivity index is 2.72. The van der Waals surface area contributed by atoms with Gasteiger partial charge in [-0.25, -0.2) is 0 Å². The van der Waals surface area contributed by atoms with E-state index in [4.69, 9.17) is 16.5 Å². The van der Waals surface area contributed by atoms with Crippen molar-refractivity contribution in [1.29, 1.82) is 0 Å². The largest absolute Gasteiger partial charge is 0.466 e. The molecule has 1 aliphatic heterocycles. The molecule has 4 heteroatoms. The molecule has 1 heterocycles. The molecule has 1 aliphatic rings. The van der Waals surface area contributed by atoms with Gasteiger partial charge in [0.2, 0.25) is 0 Å². The van der Waals surface area contributed by atoms with E-state index in [9.17, 15) is 4.79 Å². The van der Waals surface area contributed by atoms with Crippen molar-refractivity contribution in [3.63, 3.8) is 0 Å². The van der Waals surface area contributed by atoms with Crippen molar-refractivity contribution in [1.82, 2.24) is 0 Å². The Kier molecular flexibility index (Phi) is 3.68. The number of carbonyl (C=O) groups is 1. The van der Waals surface area contributed by atoms with Gasteiger partial charge in [0.1, 0.15) is 0 Å². The summed E-state index contributed by atoms with van der Waals surface area (Å²) in [6.07, 6.45) is 0.366. The van der Waals surface area contributed by atoms with Crippen LogP contribution in [0.5, 0.6) is 0 Å². The molecule has 78 valence electrons. The van der Waals surface area contributed by atoms with Crippen LogP contribution in [0.15, 0.2) is 22.8 Å². The highest BCUT2D eigenvalue weighted by Crippen LogP contribution is 2.56. The number of carbonyl (C=O) groups excluding carboxylic acids is 1. The lowest BCUT2D eigenvalue weighted by molar-refractivity contribution is -0.139. The van der Waals surface area contributed by atoms with E-state index in [1.807, 2.05) is 20.8 Å². The molecule has 0 aromatic carbocycles. The van der Waals surface area contributed by atoms with Crippen LogP contribution in [0.2, 0.25) is 0 Å². The summed E-state index contributed by atoms with van der Waals surface area (Å²) < 4.78 is 4.90. The van der Waals surface area contributed by atoms with E-state index >= 15 is 0 Å². The van der Waals surface area contributed by atoms with Crippen LogP contribution in [0.3, 0.4) is 0 Å². The first-order chi connectivity index (χ1) is 6.47. The maximum atomic E-state index is 11.3. The van der Waals surface area contributed by atoms with Crippen LogP contribution in [0.1, 0.15) is 20.8 Å². The molecule has 1 rings (SSSR count). The molecule has 0 atom stereocenters. The lowest BCUT2D eigenvalue weighted by atomic mass is 10.2. The van der Waals surface area contributed by atoms with E-state index in [1.54, 1.807) is 0 Å². The Morgan fingerprint density at radius 3 is 2.36 bits per heavy atom. The van der Waals surface area contributed by atoms with Crippen LogP contribution < -0.4 is 0 Å². The predicted octanol–water partition coefficient (Wildman–Crippen LogP) is 2.85. The fourth-order valence-corrected chi connectivity index (χ4v) is 5.13. The molecule has 0 aliphatic carbocycles. The minimum Gasteiger partial charge on any atom is -0.466 e. The van der Waals surface area contributed by atoms with Crippen LogP contribution in [0, 0.1) is 0 Å².